The summed E-state index contributed by atoms with van der Waals surface area (Å²) in [6.45, 7) is 0. The normalized spacial score (nSPS) is 11.4. The van der Waals surface area contributed by atoms with Crippen LogP contribution in [0.2, 0.25) is 0 Å². The van der Waals surface area contributed by atoms with Crippen LogP contribution in [0.4, 0.5) is 13.2 Å². The number of alkyl halides is 3. The minimum Gasteiger partial charge on any atom is -0.496 e. The molecule has 0 N–H and O–H groups in total. The van der Waals surface area contributed by atoms with E-state index in [0.29, 0.717) is 16.3 Å². The van der Waals surface area contributed by atoms with Crippen molar-refractivity contribution < 1.29 is 22.7 Å². The second-order valence-corrected chi connectivity index (χ2v) is 4.26. The number of carbonyl (C=O) groups is 1. The molecule has 0 spiro atoms. The number of methoxy groups -OCH3 is 1. The molecule has 6 heteroatoms. The summed E-state index contributed by atoms with van der Waals surface area (Å²) in [4.78, 5) is 10.3. The highest BCUT2D eigenvalue weighted by atomic mass is 79.9. The molecule has 0 aliphatic rings. The highest BCUT2D eigenvalue weighted by Crippen LogP contribution is 2.40. The predicted octanol–water partition coefficient (Wildman–Crippen LogP) is 3.61. The molecule has 0 aliphatic heterocycles. The first-order chi connectivity index (χ1) is 7.90. The zero-order valence-corrected chi connectivity index (χ0v) is 10.6. The van der Waals surface area contributed by atoms with Crippen molar-refractivity contribution in [1.29, 1.82) is 0 Å². The molecule has 0 saturated heterocycles. The van der Waals surface area contributed by atoms with Crippen LogP contribution in [-0.4, -0.2) is 13.4 Å². The summed E-state index contributed by atoms with van der Waals surface area (Å²) in [6.07, 6.45) is -3.45. The molecule has 1 aromatic carbocycles. The number of aldehydes is 1. The summed E-state index contributed by atoms with van der Waals surface area (Å²) in [5.41, 5.74) is -0.475. The molecule has 0 aromatic heterocycles. The van der Waals surface area contributed by atoms with Gasteiger partial charge in [-0.3, -0.25) is 0 Å². The Labute approximate surface area is 105 Å². The van der Waals surface area contributed by atoms with Crippen molar-refractivity contribution in [2.75, 3.05) is 7.11 Å². The summed E-state index contributed by atoms with van der Waals surface area (Å²) in [5, 5.41) is 0. The minimum atomic E-state index is -4.48. The fraction of sp³-hybridized carbons (Fsp3) is 0.364. The molecule has 0 atom stereocenters. The number of aryl methyl sites for hydroxylation is 1. The molecule has 0 amide bonds. The van der Waals surface area contributed by atoms with Crippen LogP contribution >= 0.6 is 15.9 Å². The van der Waals surface area contributed by atoms with Crippen molar-refractivity contribution in [3.05, 3.63) is 27.7 Å². The number of ether oxygens (including phenoxy) is 1. The molecule has 0 fully saturated rings. The first-order valence-corrected chi connectivity index (χ1v) is 5.56. The fourth-order valence-corrected chi connectivity index (χ4v) is 2.01. The number of rotatable bonds is 4. The highest BCUT2D eigenvalue weighted by molar-refractivity contribution is 9.10. The Kier molecular flexibility index (Phi) is 4.56. The van der Waals surface area contributed by atoms with Gasteiger partial charge in [0.05, 0.1) is 12.7 Å². The third-order valence-corrected chi connectivity index (χ3v) is 2.63. The van der Waals surface area contributed by atoms with Gasteiger partial charge in [0, 0.05) is 10.9 Å². The summed E-state index contributed by atoms with van der Waals surface area (Å²) in [5.74, 6) is -0.220. The molecule has 0 unspecified atom stereocenters. The van der Waals surface area contributed by atoms with Gasteiger partial charge in [0.25, 0.3) is 0 Å². The van der Waals surface area contributed by atoms with E-state index in [4.69, 9.17) is 4.74 Å². The summed E-state index contributed by atoms with van der Waals surface area (Å²) >= 11 is 3.02. The highest BCUT2D eigenvalue weighted by Gasteiger charge is 2.35. The maximum Gasteiger partial charge on any atom is 0.420 e. The Morgan fingerprint density at radius 3 is 2.53 bits per heavy atom. The number of halogens is 4. The molecule has 0 radical (unpaired) electrons. The van der Waals surface area contributed by atoms with Crippen LogP contribution in [0.1, 0.15) is 17.5 Å². The Morgan fingerprint density at radius 1 is 1.41 bits per heavy atom. The van der Waals surface area contributed by atoms with Crippen molar-refractivity contribution in [3.8, 4) is 5.75 Å². The van der Waals surface area contributed by atoms with Crippen LogP contribution < -0.4 is 4.74 Å². The smallest absolute Gasteiger partial charge is 0.420 e. The van der Waals surface area contributed by atoms with E-state index in [9.17, 15) is 18.0 Å². The van der Waals surface area contributed by atoms with Crippen LogP contribution in [-0.2, 0) is 17.4 Å². The largest absolute Gasteiger partial charge is 0.496 e. The standard InChI is InChI=1S/C11H10BrF3O2/c1-17-10-7(3-2-4-16)5-8(12)6-9(10)11(13,14)15/h4-6H,2-3H2,1H3. The number of carbonyl (C=O) groups excluding carboxylic acids is 1. The molecular formula is C11H10BrF3O2. The lowest BCUT2D eigenvalue weighted by Crippen LogP contribution is -2.09. The van der Waals surface area contributed by atoms with Crippen molar-refractivity contribution in [2.24, 2.45) is 0 Å². The maximum absolute atomic E-state index is 12.7. The zero-order valence-electron chi connectivity index (χ0n) is 8.97. The van der Waals surface area contributed by atoms with Gasteiger partial charge in [-0.1, -0.05) is 15.9 Å². The molecule has 0 saturated carbocycles. The van der Waals surface area contributed by atoms with E-state index >= 15 is 0 Å². The van der Waals surface area contributed by atoms with Gasteiger partial charge in [-0.25, -0.2) is 0 Å². The topological polar surface area (TPSA) is 26.3 Å². The SMILES string of the molecule is COc1c(CCC=O)cc(Br)cc1C(F)(F)F. The lowest BCUT2D eigenvalue weighted by Gasteiger charge is -2.16. The Balaban J connectivity index is 3.30. The van der Waals surface area contributed by atoms with E-state index in [1.54, 1.807) is 0 Å². The molecule has 1 aromatic rings. The molecule has 1 rings (SSSR count). The molecule has 17 heavy (non-hydrogen) atoms. The zero-order chi connectivity index (χ0) is 13.1. The van der Waals surface area contributed by atoms with Crippen LogP contribution in [0.5, 0.6) is 5.75 Å². The Bertz CT molecular complexity index is 416. The summed E-state index contributed by atoms with van der Waals surface area (Å²) in [7, 11) is 1.18. The number of hydrogen-bond acceptors (Lipinski definition) is 2. The second-order valence-electron chi connectivity index (χ2n) is 3.35. The van der Waals surface area contributed by atoms with Crippen molar-refractivity contribution in [2.45, 2.75) is 19.0 Å². The van der Waals surface area contributed by atoms with E-state index < -0.39 is 11.7 Å². The number of hydrogen-bond donors (Lipinski definition) is 0. The van der Waals surface area contributed by atoms with E-state index in [-0.39, 0.29) is 18.6 Å². The monoisotopic (exact) mass is 310 g/mol. The molecule has 0 heterocycles. The van der Waals surface area contributed by atoms with Gasteiger partial charge < -0.3 is 9.53 Å². The van der Waals surface area contributed by atoms with E-state index in [1.165, 1.54) is 13.2 Å². The predicted molar refractivity (Wildman–Crippen MR) is 60.1 cm³/mol. The number of benzene rings is 1. The van der Waals surface area contributed by atoms with Gasteiger partial charge >= 0.3 is 6.18 Å². The van der Waals surface area contributed by atoms with Crippen molar-refractivity contribution >= 4 is 22.2 Å². The Hall–Kier alpha value is -1.04. The van der Waals surface area contributed by atoms with Crippen molar-refractivity contribution in [1.82, 2.24) is 0 Å². The summed E-state index contributed by atoms with van der Waals surface area (Å²) in [6, 6.07) is 2.49. The van der Waals surface area contributed by atoms with Gasteiger partial charge in [0.1, 0.15) is 12.0 Å². The lowest BCUT2D eigenvalue weighted by molar-refractivity contribution is -0.138. The molecule has 0 aliphatic carbocycles. The average Bonchev–Trinajstić information content (AvgIpc) is 2.24. The van der Waals surface area contributed by atoms with Crippen LogP contribution in [0.3, 0.4) is 0 Å². The summed E-state index contributed by atoms with van der Waals surface area (Å²) < 4.78 is 43.4. The van der Waals surface area contributed by atoms with Gasteiger partial charge in [-0.05, 0) is 24.1 Å². The maximum atomic E-state index is 12.7. The van der Waals surface area contributed by atoms with E-state index in [1.807, 2.05) is 0 Å². The first kappa shape index (κ1) is 14.0. The lowest BCUT2D eigenvalue weighted by atomic mass is 10.0. The van der Waals surface area contributed by atoms with Crippen LogP contribution in [0.25, 0.3) is 0 Å². The quantitative estimate of drug-likeness (QED) is 0.794. The van der Waals surface area contributed by atoms with Crippen LogP contribution in [0.15, 0.2) is 16.6 Å². The van der Waals surface area contributed by atoms with E-state index in [2.05, 4.69) is 15.9 Å². The van der Waals surface area contributed by atoms with Gasteiger partial charge in [-0.2, -0.15) is 13.2 Å². The van der Waals surface area contributed by atoms with Crippen LogP contribution in [0, 0.1) is 0 Å². The molecule has 2 nitrogen and oxygen atoms in total. The van der Waals surface area contributed by atoms with Gasteiger partial charge in [-0.15, -0.1) is 0 Å². The van der Waals surface area contributed by atoms with E-state index in [0.717, 1.165) is 6.07 Å². The van der Waals surface area contributed by atoms with Crippen molar-refractivity contribution in [3.63, 3.8) is 0 Å². The minimum absolute atomic E-state index is 0.157. The van der Waals surface area contributed by atoms with Gasteiger partial charge in [0.2, 0.25) is 0 Å². The first-order valence-electron chi connectivity index (χ1n) is 4.77. The molecule has 94 valence electrons. The Morgan fingerprint density at radius 2 is 2.06 bits per heavy atom. The molecular weight excluding hydrogens is 301 g/mol. The molecule has 0 bridgehead atoms. The third-order valence-electron chi connectivity index (χ3n) is 2.17. The van der Waals surface area contributed by atoms with Gasteiger partial charge in [0.15, 0.2) is 0 Å². The second kappa shape index (κ2) is 5.53. The average molecular weight is 311 g/mol. The third kappa shape index (κ3) is 3.46. The fourth-order valence-electron chi connectivity index (χ4n) is 1.50.